The van der Waals surface area contributed by atoms with Crippen LogP contribution < -0.4 is 5.32 Å². The first-order chi connectivity index (χ1) is 14.0. The summed E-state index contributed by atoms with van der Waals surface area (Å²) >= 11 is 0. The molecule has 3 heterocycles. The van der Waals surface area contributed by atoms with E-state index in [2.05, 4.69) is 10.3 Å². The van der Waals surface area contributed by atoms with E-state index in [9.17, 15) is 13.6 Å². The molecule has 8 heteroatoms. The second kappa shape index (κ2) is 8.29. The molecule has 2 fully saturated rings. The Morgan fingerprint density at radius 3 is 2.90 bits per heavy atom. The van der Waals surface area contributed by atoms with E-state index in [0.29, 0.717) is 18.6 Å². The predicted octanol–water partition coefficient (Wildman–Crippen LogP) is 2.71. The summed E-state index contributed by atoms with van der Waals surface area (Å²) in [6, 6.07) is 8.17. The molecule has 0 saturated carbocycles. The van der Waals surface area contributed by atoms with Crippen LogP contribution in [0.25, 0.3) is 10.9 Å². The van der Waals surface area contributed by atoms with Crippen molar-refractivity contribution in [1.29, 1.82) is 5.26 Å². The number of fused-ring (bicyclic) bond motifs is 1. The topological polar surface area (TPSA) is 72.3 Å². The number of aromatic nitrogens is 1. The molecule has 2 atom stereocenters. The van der Waals surface area contributed by atoms with Crippen molar-refractivity contribution in [3.8, 4) is 6.07 Å². The number of hydrogen-bond acceptors (Lipinski definition) is 5. The number of piperidine rings is 1. The van der Waals surface area contributed by atoms with Crippen molar-refractivity contribution < 1.29 is 13.6 Å². The summed E-state index contributed by atoms with van der Waals surface area (Å²) in [6.45, 7) is 1.62. The van der Waals surface area contributed by atoms with E-state index in [-0.39, 0.29) is 37.3 Å². The number of carbonyl (C=O) groups is 1. The summed E-state index contributed by atoms with van der Waals surface area (Å²) < 4.78 is 27.5. The Labute approximate surface area is 168 Å². The van der Waals surface area contributed by atoms with Crippen molar-refractivity contribution >= 4 is 22.5 Å². The quantitative estimate of drug-likeness (QED) is 0.856. The Morgan fingerprint density at radius 2 is 2.14 bits per heavy atom. The van der Waals surface area contributed by atoms with Gasteiger partial charge >= 0.3 is 0 Å². The molecular formula is C21H23F2N5O. The average Bonchev–Trinajstić information content (AvgIpc) is 3.10. The van der Waals surface area contributed by atoms with Crippen LogP contribution in [-0.2, 0) is 4.79 Å². The maximum atomic E-state index is 13.9. The van der Waals surface area contributed by atoms with E-state index in [1.54, 1.807) is 6.20 Å². The zero-order valence-corrected chi connectivity index (χ0v) is 16.0. The first kappa shape index (κ1) is 19.5. The Balaban J connectivity index is 1.34. The summed E-state index contributed by atoms with van der Waals surface area (Å²) in [4.78, 5) is 20.1. The van der Waals surface area contributed by atoms with Crippen molar-refractivity contribution in [2.45, 2.75) is 37.5 Å². The number of nitriles is 1. The lowest BCUT2D eigenvalue weighted by atomic mass is 10.0. The fourth-order valence-electron chi connectivity index (χ4n) is 4.19. The van der Waals surface area contributed by atoms with Gasteiger partial charge in [-0.15, -0.1) is 0 Å². The molecular weight excluding hydrogens is 376 g/mol. The number of benzene rings is 1. The molecule has 1 N–H and O–H groups in total. The van der Waals surface area contributed by atoms with Crippen molar-refractivity contribution in [2.24, 2.45) is 0 Å². The van der Waals surface area contributed by atoms with Gasteiger partial charge in [0.15, 0.2) is 0 Å². The Bertz CT molecular complexity index is 938. The third kappa shape index (κ3) is 4.30. The van der Waals surface area contributed by atoms with Gasteiger partial charge in [-0.3, -0.25) is 14.7 Å². The van der Waals surface area contributed by atoms with Crippen LogP contribution in [-0.4, -0.2) is 65.1 Å². The van der Waals surface area contributed by atoms with Crippen LogP contribution in [0, 0.1) is 17.1 Å². The number of hydrogen-bond donors (Lipinski definition) is 1. The van der Waals surface area contributed by atoms with Crippen molar-refractivity contribution in [3.63, 3.8) is 0 Å². The Kier molecular flexibility index (Phi) is 5.58. The van der Waals surface area contributed by atoms with Crippen LogP contribution in [0.5, 0.6) is 0 Å². The molecule has 0 unspecified atom stereocenters. The van der Waals surface area contributed by atoms with Gasteiger partial charge in [-0.2, -0.15) is 5.26 Å². The van der Waals surface area contributed by atoms with E-state index in [1.165, 1.54) is 17.0 Å². The molecule has 0 radical (unpaired) electrons. The Morgan fingerprint density at radius 1 is 1.34 bits per heavy atom. The SMILES string of the molecule is N#C[C@@H]1C[C@H](F)CN1C(=O)CN1CCC(Nc2cc(F)cc3ncccc23)CC1. The van der Waals surface area contributed by atoms with E-state index in [4.69, 9.17) is 5.26 Å². The molecule has 1 aromatic heterocycles. The highest BCUT2D eigenvalue weighted by atomic mass is 19.1. The van der Waals surface area contributed by atoms with Crippen LogP contribution >= 0.6 is 0 Å². The van der Waals surface area contributed by atoms with Crippen LogP contribution in [0.4, 0.5) is 14.5 Å². The van der Waals surface area contributed by atoms with Gasteiger partial charge in [0, 0.05) is 48.9 Å². The maximum absolute atomic E-state index is 13.9. The van der Waals surface area contributed by atoms with Crippen LogP contribution in [0.2, 0.25) is 0 Å². The number of nitrogens with one attached hydrogen (secondary N) is 1. The highest BCUT2D eigenvalue weighted by molar-refractivity contribution is 5.91. The van der Waals surface area contributed by atoms with E-state index in [1.807, 2.05) is 23.1 Å². The molecule has 2 aliphatic rings. The number of anilines is 1. The molecule has 1 amide bonds. The molecule has 1 aromatic carbocycles. The summed E-state index contributed by atoms with van der Waals surface area (Å²) in [5.41, 5.74) is 1.34. The minimum Gasteiger partial charge on any atom is -0.382 e. The molecule has 2 saturated heterocycles. The third-order valence-electron chi connectivity index (χ3n) is 5.71. The van der Waals surface area contributed by atoms with E-state index < -0.39 is 12.2 Å². The molecule has 2 aromatic rings. The first-order valence-corrected chi connectivity index (χ1v) is 9.90. The zero-order chi connectivity index (χ0) is 20.4. The summed E-state index contributed by atoms with van der Waals surface area (Å²) in [7, 11) is 0. The zero-order valence-electron chi connectivity index (χ0n) is 16.0. The number of nitrogens with zero attached hydrogens (tertiary/aromatic N) is 4. The molecule has 0 spiro atoms. The molecule has 0 bridgehead atoms. The number of amides is 1. The summed E-state index contributed by atoms with van der Waals surface area (Å²) in [6.07, 6.45) is 2.24. The highest BCUT2D eigenvalue weighted by Gasteiger charge is 2.36. The molecule has 6 nitrogen and oxygen atoms in total. The Hall–Kier alpha value is -2.79. The number of halogens is 2. The number of alkyl halides is 1. The van der Waals surface area contributed by atoms with Gasteiger partial charge in [-0.05, 0) is 31.0 Å². The first-order valence-electron chi connectivity index (χ1n) is 9.90. The lowest BCUT2D eigenvalue weighted by molar-refractivity contribution is -0.132. The third-order valence-corrected chi connectivity index (χ3v) is 5.71. The van der Waals surface area contributed by atoms with Crippen LogP contribution in [0.15, 0.2) is 30.5 Å². The van der Waals surface area contributed by atoms with Gasteiger partial charge in [0.25, 0.3) is 0 Å². The van der Waals surface area contributed by atoms with Crippen molar-refractivity contribution in [3.05, 3.63) is 36.3 Å². The van der Waals surface area contributed by atoms with Gasteiger partial charge in [0.1, 0.15) is 18.0 Å². The smallest absolute Gasteiger partial charge is 0.237 e. The minimum atomic E-state index is -1.12. The predicted molar refractivity (Wildman–Crippen MR) is 105 cm³/mol. The molecule has 0 aliphatic carbocycles. The fraction of sp³-hybridized carbons (Fsp3) is 0.476. The van der Waals surface area contributed by atoms with Gasteiger partial charge in [0.2, 0.25) is 5.91 Å². The standard InChI is InChI=1S/C21H23F2N5O/c22-14-9-19-18(2-1-5-25-19)20(10-14)26-16-3-6-27(7-4-16)13-21(29)28-12-15(23)8-17(28)11-24/h1-2,5,9-10,15-17,26H,3-4,6-8,12-13H2/t15-,17-/m0/s1. The maximum Gasteiger partial charge on any atom is 0.237 e. The summed E-state index contributed by atoms with van der Waals surface area (Å²) in [5.74, 6) is -0.518. The number of rotatable bonds is 4. The number of carbonyl (C=O) groups excluding carboxylic acids is 1. The largest absolute Gasteiger partial charge is 0.382 e. The molecule has 29 heavy (non-hydrogen) atoms. The highest BCUT2D eigenvalue weighted by Crippen LogP contribution is 2.26. The van der Waals surface area contributed by atoms with Gasteiger partial charge in [-0.1, -0.05) is 0 Å². The average molecular weight is 399 g/mol. The molecule has 152 valence electrons. The van der Waals surface area contributed by atoms with Crippen molar-refractivity contribution in [2.75, 3.05) is 31.5 Å². The monoisotopic (exact) mass is 399 g/mol. The van der Waals surface area contributed by atoms with Crippen LogP contribution in [0.3, 0.4) is 0 Å². The fourth-order valence-corrected chi connectivity index (χ4v) is 4.19. The normalized spacial score (nSPS) is 23.3. The second-order valence-electron chi connectivity index (χ2n) is 7.74. The molecule has 2 aliphatic heterocycles. The minimum absolute atomic E-state index is 0.00968. The summed E-state index contributed by atoms with van der Waals surface area (Å²) in [5, 5.41) is 13.4. The molecule has 4 rings (SSSR count). The van der Waals surface area contributed by atoms with E-state index >= 15 is 0 Å². The number of likely N-dealkylation sites (tertiary alicyclic amines) is 2. The number of pyridine rings is 1. The van der Waals surface area contributed by atoms with Gasteiger partial charge < -0.3 is 10.2 Å². The van der Waals surface area contributed by atoms with Gasteiger partial charge in [-0.25, -0.2) is 8.78 Å². The van der Waals surface area contributed by atoms with Crippen LogP contribution in [0.1, 0.15) is 19.3 Å². The van der Waals surface area contributed by atoms with Gasteiger partial charge in [0.05, 0.1) is 24.7 Å². The van der Waals surface area contributed by atoms with E-state index in [0.717, 1.165) is 23.9 Å². The van der Waals surface area contributed by atoms with Crippen molar-refractivity contribution in [1.82, 2.24) is 14.8 Å². The lowest BCUT2D eigenvalue weighted by Gasteiger charge is -2.33. The lowest BCUT2D eigenvalue weighted by Crippen LogP contribution is -2.46. The second-order valence-corrected chi connectivity index (χ2v) is 7.74.